The Hall–Kier alpha value is -4.02. The molecule has 0 radical (unpaired) electrons. The monoisotopic (exact) mass is 580 g/mol. The Labute approximate surface area is 241 Å². The summed E-state index contributed by atoms with van der Waals surface area (Å²) in [7, 11) is 4.79. The van der Waals surface area contributed by atoms with Crippen molar-refractivity contribution in [1.29, 1.82) is 0 Å². The average Bonchev–Trinajstić information content (AvgIpc) is 3.77. The Morgan fingerprint density at radius 1 is 1.10 bits per heavy atom. The smallest absolute Gasteiger partial charge is 0.164 e. The molecule has 2 aromatic heterocycles. The summed E-state index contributed by atoms with van der Waals surface area (Å²) in [5, 5.41) is 15.9. The van der Waals surface area contributed by atoms with E-state index >= 15 is 0 Å². The first-order valence-corrected chi connectivity index (χ1v) is 13.5. The predicted octanol–water partition coefficient (Wildman–Crippen LogP) is 5.53. The molecule has 1 atom stereocenters. The number of ether oxygens (including phenoxy) is 3. The summed E-state index contributed by atoms with van der Waals surface area (Å²) in [4.78, 5) is 22.2. The van der Waals surface area contributed by atoms with Crippen LogP contribution in [-0.2, 0) is 19.3 Å². The molecule has 5 rings (SSSR count). The highest BCUT2D eigenvalue weighted by Crippen LogP contribution is 2.49. The Bertz CT molecular complexity index is 1570. The van der Waals surface area contributed by atoms with Crippen molar-refractivity contribution in [3.8, 4) is 28.5 Å². The summed E-state index contributed by atoms with van der Waals surface area (Å²) >= 11 is 6.02. The molecule has 0 spiro atoms. The Balaban J connectivity index is 1.35. The highest BCUT2D eigenvalue weighted by molar-refractivity contribution is 6.31. The molecule has 1 fully saturated rings. The van der Waals surface area contributed by atoms with Gasteiger partial charge in [-0.15, -0.1) is 0 Å². The lowest BCUT2D eigenvalue weighted by molar-refractivity contribution is -0.00110. The fourth-order valence-electron chi connectivity index (χ4n) is 4.81. The van der Waals surface area contributed by atoms with Gasteiger partial charge in [0.25, 0.3) is 0 Å². The molecule has 0 aliphatic heterocycles. The van der Waals surface area contributed by atoms with Crippen molar-refractivity contribution < 1.29 is 28.5 Å². The van der Waals surface area contributed by atoms with Crippen molar-refractivity contribution in [2.75, 3.05) is 14.2 Å². The van der Waals surface area contributed by atoms with Crippen molar-refractivity contribution in [2.24, 2.45) is 13.0 Å². The molecular weight excluding hydrogens is 551 g/mol. The molecule has 1 aliphatic rings. The van der Waals surface area contributed by atoms with E-state index in [-0.39, 0.29) is 36.2 Å². The van der Waals surface area contributed by atoms with Crippen LogP contribution in [0.15, 0.2) is 54.9 Å². The lowest BCUT2D eigenvalue weighted by atomic mass is 9.86. The molecule has 214 valence electrons. The number of Topliss-reactive ketones (excluding diaryl/α,β-unsaturated/α-hetero) is 1. The van der Waals surface area contributed by atoms with Crippen molar-refractivity contribution in [1.82, 2.24) is 19.7 Å². The van der Waals surface area contributed by atoms with Crippen LogP contribution >= 0.6 is 11.6 Å². The number of carbonyl (C=O) groups is 1. The Kier molecular flexibility index (Phi) is 8.23. The maximum atomic E-state index is 13.8. The number of nitrogens with zero attached hydrogens (tertiary/aromatic N) is 4. The zero-order valence-electron chi connectivity index (χ0n) is 22.9. The zero-order valence-corrected chi connectivity index (χ0v) is 23.7. The number of methoxy groups -OCH3 is 2. The number of hydrogen-bond acceptors (Lipinski definition) is 8. The number of rotatable bonds is 12. The van der Waals surface area contributed by atoms with Crippen LogP contribution in [0.2, 0.25) is 5.02 Å². The van der Waals surface area contributed by atoms with Gasteiger partial charge < -0.3 is 19.3 Å². The Morgan fingerprint density at radius 2 is 1.85 bits per heavy atom. The van der Waals surface area contributed by atoms with Gasteiger partial charge in [0.1, 0.15) is 35.8 Å². The fourth-order valence-corrected chi connectivity index (χ4v) is 4.99. The summed E-state index contributed by atoms with van der Waals surface area (Å²) in [6.45, 7) is 0.190. The topological polar surface area (TPSA) is 109 Å². The van der Waals surface area contributed by atoms with Crippen molar-refractivity contribution in [3.05, 3.63) is 82.8 Å². The minimum absolute atomic E-state index is 0.0354. The predicted molar refractivity (Wildman–Crippen MR) is 150 cm³/mol. The second-order valence-corrected chi connectivity index (χ2v) is 10.4. The molecule has 0 saturated heterocycles. The maximum absolute atomic E-state index is 13.8. The highest BCUT2D eigenvalue weighted by atomic mass is 35.5. The Morgan fingerprint density at radius 3 is 2.51 bits per heavy atom. The molecule has 1 saturated carbocycles. The number of aryl methyl sites for hydroxylation is 1. The van der Waals surface area contributed by atoms with E-state index in [0.29, 0.717) is 45.6 Å². The number of pyridine rings is 1. The maximum Gasteiger partial charge on any atom is 0.164 e. The van der Waals surface area contributed by atoms with Crippen molar-refractivity contribution >= 4 is 17.4 Å². The number of ketones is 1. The third-order valence-electron chi connectivity index (χ3n) is 7.35. The van der Waals surface area contributed by atoms with E-state index in [9.17, 15) is 14.3 Å². The van der Waals surface area contributed by atoms with E-state index in [2.05, 4.69) is 10.1 Å². The minimum atomic E-state index is -1.33. The van der Waals surface area contributed by atoms with Crippen LogP contribution in [-0.4, -0.2) is 44.9 Å². The van der Waals surface area contributed by atoms with Gasteiger partial charge in [0.2, 0.25) is 0 Å². The number of carbonyl (C=O) groups excluding carboxylic acids is 1. The molecule has 2 heterocycles. The van der Waals surface area contributed by atoms with Crippen molar-refractivity contribution in [2.45, 2.75) is 37.9 Å². The van der Waals surface area contributed by atoms with E-state index in [1.165, 1.54) is 32.7 Å². The van der Waals surface area contributed by atoms with E-state index in [0.717, 1.165) is 12.8 Å². The van der Waals surface area contributed by atoms with Gasteiger partial charge in [-0.25, -0.2) is 14.4 Å². The molecule has 0 bridgehead atoms. The highest BCUT2D eigenvalue weighted by Gasteiger charge is 2.46. The van der Waals surface area contributed by atoms with Crippen LogP contribution in [0, 0.1) is 11.7 Å². The molecule has 9 nitrogen and oxygen atoms in total. The molecule has 4 aromatic rings. The second kappa shape index (κ2) is 11.8. The first-order chi connectivity index (χ1) is 19.7. The third-order valence-corrected chi connectivity index (χ3v) is 7.64. The molecule has 2 aromatic carbocycles. The van der Waals surface area contributed by atoms with Crippen LogP contribution < -0.4 is 14.2 Å². The summed E-state index contributed by atoms with van der Waals surface area (Å²) < 4.78 is 32.2. The largest absolute Gasteiger partial charge is 0.494 e. The van der Waals surface area contributed by atoms with Crippen LogP contribution in [0.3, 0.4) is 0 Å². The van der Waals surface area contributed by atoms with Gasteiger partial charge in [-0.2, -0.15) is 5.10 Å². The van der Waals surface area contributed by atoms with Gasteiger partial charge in [-0.1, -0.05) is 11.6 Å². The first-order valence-electron chi connectivity index (χ1n) is 13.1. The molecule has 41 heavy (non-hydrogen) atoms. The normalized spacial score (nSPS) is 14.4. The van der Waals surface area contributed by atoms with Gasteiger partial charge in [0.15, 0.2) is 23.1 Å². The van der Waals surface area contributed by atoms with Gasteiger partial charge >= 0.3 is 0 Å². The van der Waals surface area contributed by atoms with Crippen LogP contribution in [0.5, 0.6) is 17.2 Å². The van der Waals surface area contributed by atoms with Crippen LogP contribution in [0.4, 0.5) is 4.39 Å². The SMILES string of the molecule is COc1cc(C(=O)CCC(O)(c2ccc(OC)c(-c3ccc(F)c(Cl)c3)n2)C2CC2)ccc1OCc1ncnn1C. The number of benzene rings is 2. The molecular formula is C30H30ClFN4O5. The van der Waals surface area contributed by atoms with E-state index in [4.69, 9.17) is 30.8 Å². The first kappa shape index (κ1) is 28.5. The minimum Gasteiger partial charge on any atom is -0.494 e. The zero-order chi connectivity index (χ0) is 29.1. The van der Waals surface area contributed by atoms with Crippen molar-refractivity contribution in [3.63, 3.8) is 0 Å². The summed E-state index contributed by atoms with van der Waals surface area (Å²) in [5.74, 6) is 1.25. The van der Waals surface area contributed by atoms with E-state index < -0.39 is 11.4 Å². The lowest BCUT2D eigenvalue weighted by Gasteiger charge is -2.28. The fraction of sp³-hybridized carbons (Fsp3) is 0.333. The summed E-state index contributed by atoms with van der Waals surface area (Å²) in [5.41, 5.74) is 0.519. The standard InChI is InChI=1S/C30H30ClFN4O5/c1-36-28(33-17-34-36)16-41-24-9-5-18(15-26(24)40-3)23(37)12-13-30(38,20-6-7-20)27-11-10-25(39-2)29(35-27)19-4-8-22(32)21(31)14-19/h4-5,8-11,14-15,17,20,38H,6-7,12-13,16H2,1-3H3. The molecule has 1 aliphatic carbocycles. The molecule has 1 unspecified atom stereocenters. The van der Waals surface area contributed by atoms with E-state index in [1.54, 1.807) is 48.1 Å². The summed E-state index contributed by atoms with van der Waals surface area (Å²) in [6.07, 6.45) is 3.34. The number of halogens is 2. The van der Waals surface area contributed by atoms with Gasteiger partial charge in [-0.05, 0) is 73.7 Å². The lowest BCUT2D eigenvalue weighted by Crippen LogP contribution is -2.30. The quantitative estimate of drug-likeness (QED) is 0.218. The number of hydrogen-bond donors (Lipinski definition) is 1. The van der Waals surface area contributed by atoms with Gasteiger partial charge in [0.05, 0.1) is 24.9 Å². The second-order valence-electron chi connectivity index (χ2n) is 9.95. The number of aliphatic hydroxyl groups is 1. The molecule has 11 heteroatoms. The summed E-state index contributed by atoms with van der Waals surface area (Å²) in [6, 6.07) is 12.7. The third kappa shape index (κ3) is 6.03. The van der Waals surface area contributed by atoms with Crippen LogP contribution in [0.25, 0.3) is 11.3 Å². The van der Waals surface area contributed by atoms with Crippen LogP contribution in [0.1, 0.15) is 47.6 Å². The van der Waals surface area contributed by atoms with E-state index in [1.807, 2.05) is 0 Å². The average molecular weight is 581 g/mol. The number of aromatic nitrogens is 4. The van der Waals surface area contributed by atoms with Gasteiger partial charge in [-0.3, -0.25) is 9.48 Å². The molecule has 1 N–H and O–H groups in total. The van der Waals surface area contributed by atoms with Gasteiger partial charge in [0, 0.05) is 24.6 Å². The molecule has 0 amide bonds.